The number of hydrogen-bond donors (Lipinski definition) is 2. The Kier molecular flexibility index (Phi) is 5.31. The Hall–Kier alpha value is -1.84. The van der Waals surface area contributed by atoms with Gasteiger partial charge < -0.3 is 15.4 Å². The van der Waals surface area contributed by atoms with Crippen LogP contribution in [0.15, 0.2) is 54.6 Å². The van der Waals surface area contributed by atoms with Crippen molar-refractivity contribution >= 4 is 0 Å². The monoisotopic (exact) mass is 310 g/mol. The van der Waals surface area contributed by atoms with Crippen LogP contribution in [0, 0.1) is 5.92 Å². The highest BCUT2D eigenvalue weighted by Gasteiger charge is 2.29. The standard InChI is InChI=1S/C20H26N2O/c1-15-12-18(20(22-13-15)16-8-4-3-5-9-16)21-14-17-10-6-7-11-19(17)23-2/h3-11,15,18,20-22H,12-14H2,1-2H3/t15-,18+,20+/m0/s1. The van der Waals surface area contributed by atoms with Crippen LogP contribution in [0.25, 0.3) is 0 Å². The predicted octanol–water partition coefficient (Wildman–Crippen LogP) is 3.52. The Balaban J connectivity index is 1.72. The number of methoxy groups -OCH3 is 1. The van der Waals surface area contributed by atoms with E-state index >= 15 is 0 Å². The van der Waals surface area contributed by atoms with Crippen molar-refractivity contribution in [2.45, 2.75) is 32.0 Å². The lowest BCUT2D eigenvalue weighted by Crippen LogP contribution is -2.48. The second-order valence-corrected chi connectivity index (χ2v) is 6.44. The number of nitrogens with one attached hydrogen (secondary N) is 2. The second-order valence-electron chi connectivity index (χ2n) is 6.44. The first-order valence-electron chi connectivity index (χ1n) is 8.41. The van der Waals surface area contributed by atoms with Gasteiger partial charge in [0.05, 0.1) is 7.11 Å². The zero-order valence-corrected chi connectivity index (χ0v) is 14.0. The van der Waals surface area contributed by atoms with Gasteiger partial charge in [0.2, 0.25) is 0 Å². The quantitative estimate of drug-likeness (QED) is 0.886. The fourth-order valence-corrected chi connectivity index (χ4v) is 3.43. The van der Waals surface area contributed by atoms with Gasteiger partial charge in [-0.3, -0.25) is 0 Å². The fourth-order valence-electron chi connectivity index (χ4n) is 3.43. The molecule has 2 aromatic carbocycles. The first-order chi connectivity index (χ1) is 11.3. The first kappa shape index (κ1) is 16.0. The molecule has 23 heavy (non-hydrogen) atoms. The van der Waals surface area contributed by atoms with E-state index in [2.05, 4.69) is 60.0 Å². The molecule has 2 aromatic rings. The molecule has 1 saturated heterocycles. The molecule has 0 aliphatic carbocycles. The van der Waals surface area contributed by atoms with Crippen LogP contribution in [0.5, 0.6) is 5.75 Å². The lowest BCUT2D eigenvalue weighted by Gasteiger charge is -2.37. The van der Waals surface area contributed by atoms with E-state index in [9.17, 15) is 0 Å². The molecule has 0 spiro atoms. The van der Waals surface area contributed by atoms with Crippen LogP contribution in [-0.2, 0) is 6.54 Å². The van der Waals surface area contributed by atoms with Gasteiger partial charge in [0.25, 0.3) is 0 Å². The van der Waals surface area contributed by atoms with Crippen LogP contribution in [0.3, 0.4) is 0 Å². The normalized spacial score (nSPS) is 24.3. The van der Waals surface area contributed by atoms with Crippen LogP contribution in [0.1, 0.15) is 30.5 Å². The predicted molar refractivity (Wildman–Crippen MR) is 94.6 cm³/mol. The Labute approximate surface area is 139 Å². The molecular weight excluding hydrogens is 284 g/mol. The highest BCUT2D eigenvalue weighted by Crippen LogP contribution is 2.27. The molecular formula is C20H26N2O. The highest BCUT2D eigenvalue weighted by atomic mass is 16.5. The lowest BCUT2D eigenvalue weighted by molar-refractivity contribution is 0.250. The summed E-state index contributed by atoms with van der Waals surface area (Å²) in [6, 6.07) is 19.8. The summed E-state index contributed by atoms with van der Waals surface area (Å²) in [5.74, 6) is 1.64. The number of hydrogen-bond acceptors (Lipinski definition) is 3. The summed E-state index contributed by atoms with van der Waals surface area (Å²) in [4.78, 5) is 0. The average molecular weight is 310 g/mol. The van der Waals surface area contributed by atoms with Crippen molar-refractivity contribution in [1.29, 1.82) is 0 Å². The summed E-state index contributed by atoms with van der Waals surface area (Å²) >= 11 is 0. The maximum Gasteiger partial charge on any atom is 0.123 e. The molecule has 3 heteroatoms. The van der Waals surface area contributed by atoms with E-state index in [1.165, 1.54) is 17.5 Å². The minimum Gasteiger partial charge on any atom is -0.496 e. The number of rotatable bonds is 5. The van der Waals surface area contributed by atoms with Gasteiger partial charge in [-0.05, 0) is 30.5 Å². The lowest BCUT2D eigenvalue weighted by atomic mass is 9.87. The Morgan fingerprint density at radius 1 is 1.09 bits per heavy atom. The summed E-state index contributed by atoms with van der Waals surface area (Å²) < 4.78 is 5.46. The van der Waals surface area contributed by atoms with Gasteiger partial charge in [0, 0.05) is 24.2 Å². The number of benzene rings is 2. The molecule has 0 saturated carbocycles. The molecule has 0 radical (unpaired) electrons. The van der Waals surface area contributed by atoms with Crippen molar-refractivity contribution in [2.75, 3.05) is 13.7 Å². The largest absolute Gasteiger partial charge is 0.496 e. The molecule has 3 rings (SSSR count). The zero-order valence-electron chi connectivity index (χ0n) is 14.0. The van der Waals surface area contributed by atoms with E-state index in [-0.39, 0.29) is 0 Å². The summed E-state index contributed by atoms with van der Waals surface area (Å²) in [6.07, 6.45) is 1.18. The van der Waals surface area contributed by atoms with Crippen molar-refractivity contribution in [3.05, 3.63) is 65.7 Å². The third-order valence-electron chi connectivity index (χ3n) is 4.65. The molecule has 0 aromatic heterocycles. The molecule has 1 heterocycles. The van der Waals surface area contributed by atoms with Gasteiger partial charge >= 0.3 is 0 Å². The SMILES string of the molecule is COc1ccccc1CN[C@@H]1C[C@H](C)CN[C@@H]1c1ccccc1. The Bertz CT molecular complexity index is 614. The summed E-state index contributed by atoms with van der Waals surface area (Å²) in [5.41, 5.74) is 2.57. The summed E-state index contributed by atoms with van der Waals surface area (Å²) in [7, 11) is 1.73. The number of piperidine rings is 1. The molecule has 1 fully saturated rings. The van der Waals surface area contributed by atoms with Crippen molar-refractivity contribution in [1.82, 2.24) is 10.6 Å². The molecule has 3 nitrogen and oxygen atoms in total. The van der Waals surface area contributed by atoms with Gasteiger partial charge in [0.1, 0.15) is 5.75 Å². The van der Waals surface area contributed by atoms with Crippen molar-refractivity contribution < 1.29 is 4.74 Å². The Morgan fingerprint density at radius 3 is 2.61 bits per heavy atom. The second kappa shape index (κ2) is 7.62. The van der Waals surface area contributed by atoms with Crippen LogP contribution in [0.4, 0.5) is 0 Å². The van der Waals surface area contributed by atoms with Crippen LogP contribution in [0.2, 0.25) is 0 Å². The van der Waals surface area contributed by atoms with Gasteiger partial charge in [-0.2, -0.15) is 0 Å². The number of ether oxygens (including phenoxy) is 1. The van der Waals surface area contributed by atoms with Crippen LogP contribution < -0.4 is 15.4 Å². The fraction of sp³-hybridized carbons (Fsp3) is 0.400. The summed E-state index contributed by atoms with van der Waals surface area (Å²) in [5, 5.41) is 7.46. The van der Waals surface area contributed by atoms with Gasteiger partial charge in [-0.15, -0.1) is 0 Å². The topological polar surface area (TPSA) is 33.3 Å². The van der Waals surface area contributed by atoms with E-state index in [4.69, 9.17) is 4.74 Å². The Morgan fingerprint density at radius 2 is 1.83 bits per heavy atom. The molecule has 2 N–H and O–H groups in total. The van der Waals surface area contributed by atoms with E-state index in [0.29, 0.717) is 18.0 Å². The molecule has 0 amide bonds. The molecule has 1 aliphatic rings. The van der Waals surface area contributed by atoms with E-state index in [1.807, 2.05) is 12.1 Å². The van der Waals surface area contributed by atoms with E-state index in [0.717, 1.165) is 18.8 Å². The minimum absolute atomic E-state index is 0.363. The molecule has 3 atom stereocenters. The van der Waals surface area contributed by atoms with Gasteiger partial charge in [-0.25, -0.2) is 0 Å². The van der Waals surface area contributed by atoms with E-state index < -0.39 is 0 Å². The summed E-state index contributed by atoms with van der Waals surface area (Å²) in [6.45, 7) is 4.21. The van der Waals surface area contributed by atoms with Crippen molar-refractivity contribution in [3.8, 4) is 5.75 Å². The molecule has 122 valence electrons. The van der Waals surface area contributed by atoms with Gasteiger partial charge in [-0.1, -0.05) is 55.5 Å². The first-order valence-corrected chi connectivity index (χ1v) is 8.41. The third kappa shape index (κ3) is 3.92. The van der Waals surface area contributed by atoms with Crippen molar-refractivity contribution in [2.24, 2.45) is 5.92 Å². The van der Waals surface area contributed by atoms with Crippen LogP contribution >= 0.6 is 0 Å². The minimum atomic E-state index is 0.363. The van der Waals surface area contributed by atoms with Crippen LogP contribution in [-0.4, -0.2) is 19.7 Å². The third-order valence-corrected chi connectivity index (χ3v) is 4.65. The molecule has 0 unspecified atom stereocenters. The zero-order chi connectivity index (χ0) is 16.1. The van der Waals surface area contributed by atoms with E-state index in [1.54, 1.807) is 7.11 Å². The maximum atomic E-state index is 5.46. The van der Waals surface area contributed by atoms with Crippen molar-refractivity contribution in [3.63, 3.8) is 0 Å². The number of para-hydroxylation sites is 1. The maximum absolute atomic E-state index is 5.46. The molecule has 1 aliphatic heterocycles. The van der Waals surface area contributed by atoms with Gasteiger partial charge in [0.15, 0.2) is 0 Å². The highest BCUT2D eigenvalue weighted by molar-refractivity contribution is 5.33. The smallest absolute Gasteiger partial charge is 0.123 e. The average Bonchev–Trinajstić information content (AvgIpc) is 2.61. The molecule has 0 bridgehead atoms.